The number of benzene rings is 1. The highest BCUT2D eigenvalue weighted by atomic mass is 32.2. The SMILES string of the molecule is CSc1cccc(/C=C/B2OC(C)(C)C(C)(C)O2)c1. The summed E-state index contributed by atoms with van der Waals surface area (Å²) < 4.78 is 11.9. The Morgan fingerprint density at radius 3 is 2.32 bits per heavy atom. The molecule has 0 aliphatic carbocycles. The van der Waals surface area contributed by atoms with E-state index in [2.05, 4.69) is 64.3 Å². The van der Waals surface area contributed by atoms with E-state index in [-0.39, 0.29) is 18.3 Å². The van der Waals surface area contributed by atoms with Gasteiger partial charge in [-0.05, 0) is 51.6 Å². The lowest BCUT2D eigenvalue weighted by Crippen LogP contribution is -2.41. The maximum absolute atomic E-state index is 5.93. The molecule has 0 amide bonds. The van der Waals surface area contributed by atoms with Crippen LogP contribution in [0.4, 0.5) is 0 Å². The summed E-state index contributed by atoms with van der Waals surface area (Å²) in [4.78, 5) is 1.26. The highest BCUT2D eigenvalue weighted by Gasteiger charge is 2.49. The van der Waals surface area contributed by atoms with E-state index >= 15 is 0 Å². The van der Waals surface area contributed by atoms with Crippen molar-refractivity contribution < 1.29 is 9.31 Å². The van der Waals surface area contributed by atoms with Crippen molar-refractivity contribution in [2.24, 2.45) is 0 Å². The molecule has 1 aliphatic rings. The summed E-state index contributed by atoms with van der Waals surface area (Å²) in [5.74, 6) is 1.98. The van der Waals surface area contributed by atoms with E-state index < -0.39 is 0 Å². The van der Waals surface area contributed by atoms with Crippen LogP contribution in [0.3, 0.4) is 0 Å². The van der Waals surface area contributed by atoms with E-state index in [0.717, 1.165) is 0 Å². The van der Waals surface area contributed by atoms with Gasteiger partial charge in [0.15, 0.2) is 0 Å². The molecule has 0 radical (unpaired) electrons. The van der Waals surface area contributed by atoms with E-state index in [1.807, 2.05) is 5.98 Å². The first-order valence-corrected chi connectivity index (χ1v) is 7.74. The highest BCUT2D eigenvalue weighted by molar-refractivity contribution is 7.98. The molecule has 0 saturated carbocycles. The third-order valence-electron chi connectivity index (χ3n) is 3.81. The number of rotatable bonds is 3. The molecule has 1 aromatic rings. The molecule has 0 spiro atoms. The summed E-state index contributed by atoms with van der Waals surface area (Å²) in [6.07, 6.45) is 4.14. The third kappa shape index (κ3) is 3.25. The van der Waals surface area contributed by atoms with E-state index in [0.29, 0.717) is 0 Å². The molecule has 1 heterocycles. The summed E-state index contributed by atoms with van der Waals surface area (Å²) in [6.45, 7) is 8.26. The van der Waals surface area contributed by atoms with E-state index in [1.165, 1.54) is 10.5 Å². The fraction of sp³-hybridized carbons (Fsp3) is 0.467. The maximum atomic E-state index is 5.93. The van der Waals surface area contributed by atoms with Gasteiger partial charge < -0.3 is 9.31 Å². The second-order valence-electron chi connectivity index (χ2n) is 5.76. The van der Waals surface area contributed by atoms with E-state index in [9.17, 15) is 0 Å². The standard InChI is InChI=1S/C15H21BO2S/c1-14(2)15(3,4)18-16(17-14)10-9-12-7-6-8-13(11-12)19-5/h6-11H,1-5H3/b10-9+. The van der Waals surface area contributed by atoms with Crippen LogP contribution in [0.5, 0.6) is 0 Å². The summed E-state index contributed by atoms with van der Waals surface area (Å²) >= 11 is 1.74. The van der Waals surface area contributed by atoms with Crippen LogP contribution in [0.25, 0.3) is 6.08 Å². The quantitative estimate of drug-likeness (QED) is 0.613. The van der Waals surface area contributed by atoms with Gasteiger partial charge in [-0.3, -0.25) is 0 Å². The molecule has 1 aliphatic heterocycles. The topological polar surface area (TPSA) is 18.5 Å². The predicted molar refractivity (Wildman–Crippen MR) is 83.3 cm³/mol. The molecule has 1 aromatic carbocycles. The molecule has 0 unspecified atom stereocenters. The fourth-order valence-electron chi connectivity index (χ4n) is 1.90. The molecule has 102 valence electrons. The lowest BCUT2D eigenvalue weighted by Gasteiger charge is -2.32. The molecule has 0 N–H and O–H groups in total. The number of hydrogen-bond donors (Lipinski definition) is 0. The van der Waals surface area contributed by atoms with Crippen LogP contribution in [-0.2, 0) is 9.31 Å². The predicted octanol–water partition coefficient (Wildman–Crippen LogP) is 4.05. The largest absolute Gasteiger partial charge is 0.487 e. The zero-order chi connectivity index (χ0) is 14.1. The molecule has 0 bridgehead atoms. The van der Waals surface area contributed by atoms with Crippen LogP contribution in [0.2, 0.25) is 0 Å². The molecule has 0 aromatic heterocycles. The average Bonchev–Trinajstić information content (AvgIpc) is 2.56. The molecular formula is C15H21BO2S. The molecule has 4 heteroatoms. The number of hydrogen-bond acceptors (Lipinski definition) is 3. The average molecular weight is 276 g/mol. The lowest BCUT2D eigenvalue weighted by atomic mass is 9.89. The Hall–Kier alpha value is -0.705. The van der Waals surface area contributed by atoms with Crippen molar-refractivity contribution in [3.8, 4) is 0 Å². The van der Waals surface area contributed by atoms with Crippen LogP contribution >= 0.6 is 11.8 Å². The van der Waals surface area contributed by atoms with Gasteiger partial charge in [0, 0.05) is 4.90 Å². The summed E-state index contributed by atoms with van der Waals surface area (Å²) in [5.41, 5.74) is 0.619. The van der Waals surface area contributed by atoms with Crippen molar-refractivity contribution in [2.45, 2.75) is 43.8 Å². The summed E-state index contributed by atoms with van der Waals surface area (Å²) in [5, 5.41) is 0. The van der Waals surface area contributed by atoms with Gasteiger partial charge >= 0.3 is 7.12 Å². The molecule has 19 heavy (non-hydrogen) atoms. The Kier molecular flexibility index (Phi) is 4.14. The van der Waals surface area contributed by atoms with Gasteiger partial charge in [0.05, 0.1) is 11.2 Å². The summed E-state index contributed by atoms with van der Waals surface area (Å²) in [7, 11) is -0.275. The second kappa shape index (κ2) is 5.35. The molecule has 1 fully saturated rings. The Bertz CT molecular complexity index is 467. The number of thioether (sulfide) groups is 1. The van der Waals surface area contributed by atoms with Crippen molar-refractivity contribution in [3.05, 3.63) is 35.8 Å². The molecule has 0 atom stereocenters. The van der Waals surface area contributed by atoms with Gasteiger partial charge in [-0.2, -0.15) is 0 Å². The maximum Gasteiger partial charge on any atom is 0.487 e. The fourth-order valence-corrected chi connectivity index (χ4v) is 2.37. The van der Waals surface area contributed by atoms with E-state index in [4.69, 9.17) is 9.31 Å². The van der Waals surface area contributed by atoms with Gasteiger partial charge in [0.25, 0.3) is 0 Å². The Labute approximate surface area is 120 Å². The normalized spacial score (nSPS) is 21.2. The van der Waals surface area contributed by atoms with Crippen LogP contribution < -0.4 is 0 Å². The zero-order valence-corrected chi connectivity index (χ0v) is 13.1. The first-order chi connectivity index (χ1) is 8.84. The minimum absolute atomic E-state index is 0.275. The Morgan fingerprint density at radius 1 is 1.11 bits per heavy atom. The van der Waals surface area contributed by atoms with Gasteiger partial charge in [-0.15, -0.1) is 11.8 Å². The monoisotopic (exact) mass is 276 g/mol. The molecular weight excluding hydrogens is 255 g/mol. The lowest BCUT2D eigenvalue weighted by molar-refractivity contribution is 0.00578. The van der Waals surface area contributed by atoms with Crippen molar-refractivity contribution >= 4 is 25.0 Å². The van der Waals surface area contributed by atoms with Crippen LogP contribution in [0, 0.1) is 0 Å². The van der Waals surface area contributed by atoms with Crippen molar-refractivity contribution in [1.82, 2.24) is 0 Å². The van der Waals surface area contributed by atoms with E-state index in [1.54, 1.807) is 11.8 Å². The molecule has 2 nitrogen and oxygen atoms in total. The van der Waals surface area contributed by atoms with Crippen LogP contribution in [-0.4, -0.2) is 24.6 Å². The van der Waals surface area contributed by atoms with Crippen molar-refractivity contribution in [1.29, 1.82) is 0 Å². The minimum Gasteiger partial charge on any atom is -0.400 e. The third-order valence-corrected chi connectivity index (χ3v) is 4.54. The van der Waals surface area contributed by atoms with Gasteiger partial charge in [0.2, 0.25) is 0 Å². The van der Waals surface area contributed by atoms with Crippen LogP contribution in [0.15, 0.2) is 35.1 Å². The minimum atomic E-state index is -0.275. The molecule has 2 rings (SSSR count). The zero-order valence-electron chi connectivity index (χ0n) is 12.3. The second-order valence-corrected chi connectivity index (χ2v) is 6.64. The first-order valence-electron chi connectivity index (χ1n) is 6.52. The van der Waals surface area contributed by atoms with Gasteiger partial charge in [-0.25, -0.2) is 0 Å². The Balaban J connectivity index is 2.08. The van der Waals surface area contributed by atoms with Crippen molar-refractivity contribution in [3.63, 3.8) is 0 Å². The first kappa shape index (κ1) is 14.7. The van der Waals surface area contributed by atoms with Crippen LogP contribution in [0.1, 0.15) is 33.3 Å². The molecule has 1 saturated heterocycles. The summed E-state index contributed by atoms with van der Waals surface area (Å²) in [6, 6.07) is 8.42. The van der Waals surface area contributed by atoms with Crippen molar-refractivity contribution in [2.75, 3.05) is 6.26 Å². The Morgan fingerprint density at radius 2 is 1.74 bits per heavy atom. The smallest absolute Gasteiger partial charge is 0.400 e. The van der Waals surface area contributed by atoms with Gasteiger partial charge in [-0.1, -0.05) is 24.2 Å². The van der Waals surface area contributed by atoms with Gasteiger partial charge in [0.1, 0.15) is 0 Å². The highest BCUT2D eigenvalue weighted by Crippen LogP contribution is 2.37.